The van der Waals surface area contributed by atoms with Crippen molar-refractivity contribution in [1.29, 1.82) is 0 Å². The van der Waals surface area contributed by atoms with Crippen molar-refractivity contribution in [2.75, 3.05) is 6.61 Å². The zero-order valence-electron chi connectivity index (χ0n) is 8.84. The van der Waals surface area contributed by atoms with Crippen molar-refractivity contribution in [3.05, 3.63) is 29.3 Å². The summed E-state index contributed by atoms with van der Waals surface area (Å²) in [5.74, 6) is -0.810. The van der Waals surface area contributed by atoms with E-state index in [9.17, 15) is 23.1 Å². The Kier molecular flexibility index (Phi) is 3.95. The molecule has 0 aromatic heterocycles. The van der Waals surface area contributed by atoms with E-state index in [4.69, 9.17) is 0 Å². The number of amides is 1. The van der Waals surface area contributed by atoms with Crippen LogP contribution in [0.25, 0.3) is 0 Å². The van der Waals surface area contributed by atoms with Crippen molar-refractivity contribution in [2.45, 2.75) is 13.1 Å². The van der Waals surface area contributed by atoms with Crippen molar-refractivity contribution in [2.24, 2.45) is 0 Å². The third-order valence-electron chi connectivity index (χ3n) is 1.86. The van der Waals surface area contributed by atoms with Crippen molar-refractivity contribution in [3.63, 3.8) is 0 Å². The van der Waals surface area contributed by atoms with Gasteiger partial charge >= 0.3 is 6.18 Å². The quantitative estimate of drug-likeness (QED) is 0.804. The van der Waals surface area contributed by atoms with Crippen molar-refractivity contribution in [1.82, 2.24) is 5.48 Å². The van der Waals surface area contributed by atoms with E-state index in [1.54, 1.807) is 12.4 Å². The zero-order valence-corrected chi connectivity index (χ0v) is 8.84. The van der Waals surface area contributed by atoms with Crippen LogP contribution in [0.2, 0.25) is 0 Å². The van der Waals surface area contributed by atoms with Gasteiger partial charge in [-0.15, -0.1) is 0 Å². The zero-order chi connectivity index (χ0) is 13.1. The molecular weight excluding hydrogens is 239 g/mol. The van der Waals surface area contributed by atoms with Gasteiger partial charge in [-0.25, -0.2) is 5.48 Å². The van der Waals surface area contributed by atoms with E-state index in [1.165, 1.54) is 18.2 Å². The molecule has 2 N–H and O–H groups in total. The summed E-state index contributed by atoms with van der Waals surface area (Å²) in [5, 5.41) is 9.20. The second kappa shape index (κ2) is 5.05. The number of phenolic OH excluding ortho intramolecular Hbond substituents is 1. The van der Waals surface area contributed by atoms with Crippen molar-refractivity contribution in [3.8, 4) is 5.75 Å². The Hall–Kier alpha value is -1.76. The van der Waals surface area contributed by atoms with Crippen LogP contribution >= 0.6 is 0 Å². The molecule has 0 saturated heterocycles. The smallest absolute Gasteiger partial charge is 0.414 e. The topological polar surface area (TPSA) is 58.6 Å². The Bertz CT molecular complexity index is 418. The fraction of sp³-hybridized carbons (Fsp3) is 0.300. The highest BCUT2D eigenvalue weighted by Gasteiger charge is 2.28. The first-order valence-corrected chi connectivity index (χ1v) is 4.58. The lowest BCUT2D eigenvalue weighted by Crippen LogP contribution is -2.29. The number of carbonyl (C=O) groups excluding carboxylic acids is 1. The van der Waals surface area contributed by atoms with Crippen LogP contribution in [0.1, 0.15) is 15.9 Å². The standard InChI is InChI=1S/C10H10F3NO3/c1-6-4-7(2-3-8(6)15)9(16)14-17-5-10(11,12)13/h2-4,15H,5H2,1H3,(H,14,16). The molecule has 7 heteroatoms. The van der Waals surface area contributed by atoms with E-state index in [0.717, 1.165) is 0 Å². The first-order chi connectivity index (χ1) is 7.79. The van der Waals surface area contributed by atoms with Gasteiger partial charge in [-0.1, -0.05) is 0 Å². The van der Waals surface area contributed by atoms with Crippen LogP contribution in [0, 0.1) is 6.92 Å². The van der Waals surface area contributed by atoms with Gasteiger partial charge in [0.1, 0.15) is 5.75 Å². The van der Waals surface area contributed by atoms with Crippen LogP contribution in [0.15, 0.2) is 18.2 Å². The number of halogens is 3. The van der Waals surface area contributed by atoms with Gasteiger partial charge in [-0.05, 0) is 30.7 Å². The number of hydrogen-bond acceptors (Lipinski definition) is 3. The lowest BCUT2D eigenvalue weighted by molar-refractivity contribution is -0.184. The van der Waals surface area contributed by atoms with Crippen LogP contribution in [-0.2, 0) is 4.84 Å². The molecule has 0 heterocycles. The average molecular weight is 249 g/mol. The molecule has 0 bridgehead atoms. The molecule has 4 nitrogen and oxygen atoms in total. The van der Waals surface area contributed by atoms with E-state index in [1.807, 2.05) is 0 Å². The first kappa shape index (κ1) is 13.3. The molecule has 1 amide bonds. The molecule has 0 unspecified atom stereocenters. The number of nitrogens with one attached hydrogen (secondary N) is 1. The molecule has 1 aromatic carbocycles. The second-order valence-corrected chi connectivity index (χ2v) is 3.34. The first-order valence-electron chi connectivity index (χ1n) is 4.58. The molecule has 1 aromatic rings. The third kappa shape index (κ3) is 4.31. The minimum atomic E-state index is -4.50. The van der Waals surface area contributed by atoms with Gasteiger partial charge in [-0.2, -0.15) is 13.2 Å². The molecule has 0 aliphatic heterocycles. The van der Waals surface area contributed by atoms with Gasteiger partial charge in [-0.3, -0.25) is 9.63 Å². The molecule has 0 radical (unpaired) electrons. The molecule has 0 fully saturated rings. The maximum absolute atomic E-state index is 11.7. The van der Waals surface area contributed by atoms with E-state index in [2.05, 4.69) is 4.84 Å². The molecule has 0 aliphatic rings. The molecule has 0 saturated carbocycles. The van der Waals surface area contributed by atoms with Gasteiger partial charge in [0.25, 0.3) is 5.91 Å². The Labute approximate surface area is 95.0 Å². The number of hydroxylamine groups is 1. The minimum Gasteiger partial charge on any atom is -0.508 e. The predicted molar refractivity (Wildman–Crippen MR) is 52.3 cm³/mol. The van der Waals surface area contributed by atoms with Crippen LogP contribution in [-0.4, -0.2) is 23.8 Å². The van der Waals surface area contributed by atoms with Crippen molar-refractivity contribution < 1.29 is 27.9 Å². The molecule has 1 rings (SSSR count). The number of carbonyl (C=O) groups is 1. The average Bonchev–Trinajstić information content (AvgIpc) is 2.20. The Morgan fingerprint density at radius 2 is 2.12 bits per heavy atom. The van der Waals surface area contributed by atoms with Gasteiger partial charge in [0.05, 0.1) is 0 Å². The Balaban J connectivity index is 2.56. The highest BCUT2D eigenvalue weighted by Crippen LogP contribution is 2.17. The lowest BCUT2D eigenvalue weighted by atomic mass is 10.1. The summed E-state index contributed by atoms with van der Waals surface area (Å²) in [6, 6.07) is 3.88. The third-order valence-corrected chi connectivity index (χ3v) is 1.86. The molecule has 0 spiro atoms. The van der Waals surface area contributed by atoms with E-state index < -0.39 is 18.7 Å². The molecule has 94 valence electrons. The lowest BCUT2D eigenvalue weighted by Gasteiger charge is -2.08. The highest BCUT2D eigenvalue weighted by molar-refractivity contribution is 5.93. The largest absolute Gasteiger partial charge is 0.508 e. The van der Waals surface area contributed by atoms with Gasteiger partial charge in [0.2, 0.25) is 0 Å². The number of alkyl halides is 3. The van der Waals surface area contributed by atoms with Gasteiger partial charge in [0.15, 0.2) is 6.61 Å². The van der Waals surface area contributed by atoms with Gasteiger partial charge in [0, 0.05) is 5.56 Å². The predicted octanol–water partition coefficient (Wildman–Crippen LogP) is 1.92. The number of hydrogen-bond donors (Lipinski definition) is 2. The summed E-state index contributed by atoms with van der Waals surface area (Å²) in [7, 11) is 0. The maximum atomic E-state index is 11.7. The fourth-order valence-electron chi connectivity index (χ4n) is 1.04. The maximum Gasteiger partial charge on any atom is 0.414 e. The number of aromatic hydroxyl groups is 1. The molecule has 17 heavy (non-hydrogen) atoms. The van der Waals surface area contributed by atoms with Crippen LogP contribution in [0.3, 0.4) is 0 Å². The van der Waals surface area contributed by atoms with E-state index in [-0.39, 0.29) is 11.3 Å². The Morgan fingerprint density at radius 1 is 1.47 bits per heavy atom. The molecule has 0 aliphatic carbocycles. The van der Waals surface area contributed by atoms with Crippen LogP contribution in [0.5, 0.6) is 5.75 Å². The number of benzene rings is 1. The molecule has 0 atom stereocenters. The van der Waals surface area contributed by atoms with E-state index in [0.29, 0.717) is 5.56 Å². The number of phenols is 1. The minimum absolute atomic E-state index is 0.00207. The normalized spacial score (nSPS) is 11.3. The van der Waals surface area contributed by atoms with Crippen LogP contribution in [0.4, 0.5) is 13.2 Å². The molecular formula is C10H10F3NO3. The number of aryl methyl sites for hydroxylation is 1. The van der Waals surface area contributed by atoms with E-state index >= 15 is 0 Å². The monoisotopic (exact) mass is 249 g/mol. The second-order valence-electron chi connectivity index (χ2n) is 3.34. The van der Waals surface area contributed by atoms with Crippen molar-refractivity contribution >= 4 is 5.91 Å². The summed E-state index contributed by atoms with van der Waals surface area (Å²) in [6.07, 6.45) is -4.50. The van der Waals surface area contributed by atoms with Crippen LogP contribution < -0.4 is 5.48 Å². The summed E-state index contributed by atoms with van der Waals surface area (Å²) in [6.45, 7) is -0.00150. The number of rotatable bonds is 3. The Morgan fingerprint density at radius 3 is 2.65 bits per heavy atom. The summed E-state index contributed by atoms with van der Waals surface area (Å²) in [4.78, 5) is 15.3. The SMILES string of the molecule is Cc1cc(C(=O)NOCC(F)(F)F)ccc1O. The fourth-order valence-corrected chi connectivity index (χ4v) is 1.04. The van der Waals surface area contributed by atoms with Gasteiger partial charge < -0.3 is 5.11 Å². The summed E-state index contributed by atoms with van der Waals surface area (Å²) >= 11 is 0. The summed E-state index contributed by atoms with van der Waals surface area (Å²) in [5.41, 5.74) is 2.20. The summed E-state index contributed by atoms with van der Waals surface area (Å²) < 4.78 is 35.1. The highest BCUT2D eigenvalue weighted by atomic mass is 19.4.